The van der Waals surface area contributed by atoms with E-state index < -0.39 is 0 Å². The van der Waals surface area contributed by atoms with Gasteiger partial charge in [-0.15, -0.1) is 24.0 Å². The number of rotatable bonds is 11. The van der Waals surface area contributed by atoms with Gasteiger partial charge in [-0.05, 0) is 32.0 Å². The third-order valence-electron chi connectivity index (χ3n) is 4.77. The third-order valence-corrected chi connectivity index (χ3v) is 4.77. The van der Waals surface area contributed by atoms with Crippen molar-refractivity contribution in [2.45, 2.75) is 19.9 Å². The summed E-state index contributed by atoms with van der Waals surface area (Å²) in [5.74, 6) is 0.865. The molecule has 1 saturated heterocycles. The maximum absolute atomic E-state index is 5.49. The van der Waals surface area contributed by atoms with Crippen LogP contribution in [0.1, 0.15) is 18.9 Å². The Bertz CT molecular complexity index is 582. The van der Waals surface area contributed by atoms with Crippen molar-refractivity contribution in [2.75, 3.05) is 78.1 Å². The molecule has 0 radical (unpaired) electrons. The van der Waals surface area contributed by atoms with Gasteiger partial charge < -0.3 is 29.9 Å². The van der Waals surface area contributed by atoms with Crippen LogP contribution >= 0.6 is 24.0 Å². The molecular formula is C21H38IN5O2. The average molecular weight is 519 g/mol. The summed E-state index contributed by atoms with van der Waals surface area (Å²) in [6, 6.07) is 8.54. The largest absolute Gasteiger partial charge is 0.385 e. The lowest BCUT2D eigenvalue weighted by atomic mass is 10.1. The molecule has 0 unspecified atom stereocenters. The van der Waals surface area contributed by atoms with Crippen LogP contribution in [0.5, 0.6) is 0 Å². The first-order chi connectivity index (χ1) is 13.7. The second-order valence-electron chi connectivity index (χ2n) is 7.00. The second kappa shape index (κ2) is 15.7. The van der Waals surface area contributed by atoms with E-state index in [2.05, 4.69) is 58.7 Å². The molecule has 7 nitrogen and oxygen atoms in total. The zero-order valence-corrected chi connectivity index (χ0v) is 20.5. The van der Waals surface area contributed by atoms with Gasteiger partial charge in [0, 0.05) is 58.7 Å². The van der Waals surface area contributed by atoms with Gasteiger partial charge in [0.15, 0.2) is 5.96 Å². The summed E-state index contributed by atoms with van der Waals surface area (Å²) in [6.07, 6.45) is 1.06. The van der Waals surface area contributed by atoms with E-state index in [0.29, 0.717) is 6.54 Å². The van der Waals surface area contributed by atoms with E-state index in [9.17, 15) is 0 Å². The van der Waals surface area contributed by atoms with Crippen LogP contribution in [0.25, 0.3) is 0 Å². The number of aliphatic imine (C=N–C) groups is 1. The van der Waals surface area contributed by atoms with E-state index in [1.807, 2.05) is 0 Å². The molecule has 0 saturated carbocycles. The minimum absolute atomic E-state index is 0. The maximum atomic E-state index is 5.49. The van der Waals surface area contributed by atoms with Crippen molar-refractivity contribution in [3.05, 3.63) is 29.8 Å². The summed E-state index contributed by atoms with van der Waals surface area (Å²) in [7, 11) is 3.89. The summed E-state index contributed by atoms with van der Waals surface area (Å²) in [4.78, 5) is 9.51. The van der Waals surface area contributed by atoms with Gasteiger partial charge in [-0.2, -0.15) is 0 Å². The minimum Gasteiger partial charge on any atom is -0.385 e. The number of methoxy groups -OCH3 is 1. The smallest absolute Gasteiger partial charge is 0.191 e. The highest BCUT2D eigenvalue weighted by Crippen LogP contribution is 2.22. The van der Waals surface area contributed by atoms with E-state index >= 15 is 0 Å². The van der Waals surface area contributed by atoms with E-state index in [-0.39, 0.29) is 24.0 Å². The van der Waals surface area contributed by atoms with Gasteiger partial charge in [0.1, 0.15) is 0 Å². The molecule has 1 aromatic carbocycles. The van der Waals surface area contributed by atoms with Crippen molar-refractivity contribution in [2.24, 2.45) is 4.99 Å². The molecule has 1 heterocycles. The number of benzene rings is 1. The van der Waals surface area contributed by atoms with Gasteiger partial charge in [-0.3, -0.25) is 0 Å². The summed E-state index contributed by atoms with van der Waals surface area (Å²) in [5, 5.41) is 6.79. The number of anilines is 1. The molecule has 2 rings (SSSR count). The minimum atomic E-state index is 0. The Kier molecular flexibility index (Phi) is 14.0. The molecule has 29 heavy (non-hydrogen) atoms. The van der Waals surface area contributed by atoms with Gasteiger partial charge in [0.25, 0.3) is 0 Å². The Morgan fingerprint density at radius 1 is 1.21 bits per heavy atom. The molecule has 0 amide bonds. The molecule has 1 fully saturated rings. The SMILES string of the molecule is CCNC(=NCc1ccccc1N1CCOCC1)NCCN(C)CCCOC.I. The van der Waals surface area contributed by atoms with Crippen molar-refractivity contribution in [3.8, 4) is 0 Å². The number of likely N-dealkylation sites (N-methyl/N-ethyl adjacent to an activating group) is 1. The number of ether oxygens (including phenoxy) is 2. The molecule has 0 bridgehead atoms. The molecule has 8 heteroatoms. The van der Waals surface area contributed by atoms with Crippen LogP contribution in [0, 0.1) is 0 Å². The molecular weight excluding hydrogens is 481 g/mol. The van der Waals surface area contributed by atoms with Crippen molar-refractivity contribution in [3.63, 3.8) is 0 Å². The predicted molar refractivity (Wildman–Crippen MR) is 132 cm³/mol. The molecule has 0 aliphatic carbocycles. The fraction of sp³-hybridized carbons (Fsp3) is 0.667. The highest BCUT2D eigenvalue weighted by molar-refractivity contribution is 14.0. The molecule has 1 aliphatic rings. The van der Waals surface area contributed by atoms with Crippen LogP contribution in [0.15, 0.2) is 29.3 Å². The third kappa shape index (κ3) is 9.97. The van der Waals surface area contributed by atoms with Gasteiger partial charge in [0.05, 0.1) is 19.8 Å². The molecule has 0 aromatic heterocycles. The second-order valence-corrected chi connectivity index (χ2v) is 7.00. The van der Waals surface area contributed by atoms with Crippen LogP contribution in [-0.2, 0) is 16.0 Å². The average Bonchev–Trinajstić information content (AvgIpc) is 2.73. The first-order valence-electron chi connectivity index (χ1n) is 10.3. The summed E-state index contributed by atoms with van der Waals surface area (Å²) < 4.78 is 10.6. The maximum Gasteiger partial charge on any atom is 0.191 e. The lowest BCUT2D eigenvalue weighted by Crippen LogP contribution is -2.41. The fourth-order valence-electron chi connectivity index (χ4n) is 3.22. The van der Waals surface area contributed by atoms with Crippen LogP contribution in [0.2, 0.25) is 0 Å². The zero-order valence-electron chi connectivity index (χ0n) is 18.2. The van der Waals surface area contributed by atoms with E-state index in [1.54, 1.807) is 7.11 Å². The highest BCUT2D eigenvalue weighted by atomic mass is 127. The number of nitrogens with one attached hydrogen (secondary N) is 2. The predicted octanol–water partition coefficient (Wildman–Crippen LogP) is 2.16. The Balaban J connectivity index is 0.00000420. The lowest BCUT2D eigenvalue weighted by Gasteiger charge is -2.30. The van der Waals surface area contributed by atoms with Gasteiger partial charge in [-0.25, -0.2) is 4.99 Å². The molecule has 1 aliphatic heterocycles. The Morgan fingerprint density at radius 3 is 2.69 bits per heavy atom. The molecule has 1 aromatic rings. The van der Waals surface area contributed by atoms with Crippen LogP contribution < -0.4 is 15.5 Å². The monoisotopic (exact) mass is 519 g/mol. The van der Waals surface area contributed by atoms with Crippen molar-refractivity contribution in [1.82, 2.24) is 15.5 Å². The van der Waals surface area contributed by atoms with Gasteiger partial charge in [0.2, 0.25) is 0 Å². The Morgan fingerprint density at radius 2 is 1.97 bits per heavy atom. The standard InChI is InChI=1S/C21H37N5O2.HI/c1-4-22-21(23-10-12-25(2)11-7-15-27-3)24-18-19-8-5-6-9-20(19)26-13-16-28-17-14-26;/h5-6,8-9H,4,7,10-18H2,1-3H3,(H2,22,23,24);1H. The molecule has 2 N–H and O–H groups in total. The normalized spacial score (nSPS) is 14.6. The number of nitrogens with zero attached hydrogens (tertiary/aromatic N) is 3. The first-order valence-corrected chi connectivity index (χ1v) is 10.3. The van der Waals surface area contributed by atoms with Crippen LogP contribution in [0.3, 0.4) is 0 Å². The number of morpholine rings is 1. The summed E-state index contributed by atoms with van der Waals surface area (Å²) >= 11 is 0. The lowest BCUT2D eigenvalue weighted by molar-refractivity contribution is 0.122. The Labute approximate surface area is 193 Å². The van der Waals surface area contributed by atoms with Crippen molar-refractivity contribution in [1.29, 1.82) is 0 Å². The Hall–Kier alpha value is -1.10. The topological polar surface area (TPSA) is 61.4 Å². The summed E-state index contributed by atoms with van der Waals surface area (Å²) in [5.41, 5.74) is 2.52. The van der Waals surface area contributed by atoms with E-state index in [4.69, 9.17) is 14.5 Å². The molecule has 166 valence electrons. The van der Waals surface area contributed by atoms with Crippen LogP contribution in [0.4, 0.5) is 5.69 Å². The van der Waals surface area contributed by atoms with Crippen molar-refractivity contribution >= 4 is 35.6 Å². The van der Waals surface area contributed by atoms with E-state index in [0.717, 1.165) is 71.5 Å². The summed E-state index contributed by atoms with van der Waals surface area (Å²) in [6.45, 7) is 10.7. The quantitative estimate of drug-likeness (QED) is 0.202. The fourth-order valence-corrected chi connectivity index (χ4v) is 3.22. The first kappa shape index (κ1) is 25.9. The van der Waals surface area contributed by atoms with E-state index in [1.165, 1.54) is 11.3 Å². The van der Waals surface area contributed by atoms with Gasteiger partial charge in [-0.1, -0.05) is 18.2 Å². The number of halogens is 1. The van der Waals surface area contributed by atoms with Crippen molar-refractivity contribution < 1.29 is 9.47 Å². The zero-order chi connectivity index (χ0) is 20.0. The highest BCUT2D eigenvalue weighted by Gasteiger charge is 2.14. The van der Waals surface area contributed by atoms with Gasteiger partial charge >= 0.3 is 0 Å². The van der Waals surface area contributed by atoms with Crippen LogP contribution in [-0.4, -0.2) is 84.1 Å². The number of para-hydroxylation sites is 1. The molecule has 0 spiro atoms. The number of hydrogen-bond donors (Lipinski definition) is 2. The molecule has 0 atom stereocenters. The number of hydrogen-bond acceptors (Lipinski definition) is 5. The number of guanidine groups is 1.